The SMILES string of the molecule is O=C(/C=C/c1cccc([N+](=O)[O-])c1)OC1CCOC1. The zero-order valence-corrected chi connectivity index (χ0v) is 10.2. The van der Waals surface area contributed by atoms with Gasteiger partial charge in [0.1, 0.15) is 6.10 Å². The van der Waals surface area contributed by atoms with E-state index in [4.69, 9.17) is 9.47 Å². The lowest BCUT2D eigenvalue weighted by Crippen LogP contribution is -2.16. The molecule has 1 saturated heterocycles. The summed E-state index contributed by atoms with van der Waals surface area (Å²) in [5, 5.41) is 10.6. The van der Waals surface area contributed by atoms with Crippen LogP contribution < -0.4 is 0 Å². The molecule has 1 fully saturated rings. The molecular weight excluding hydrogens is 250 g/mol. The summed E-state index contributed by atoms with van der Waals surface area (Å²) in [6.45, 7) is 1.03. The van der Waals surface area contributed by atoms with Crippen molar-refractivity contribution in [2.24, 2.45) is 0 Å². The lowest BCUT2D eigenvalue weighted by molar-refractivity contribution is -0.384. The summed E-state index contributed by atoms with van der Waals surface area (Å²) in [5.41, 5.74) is 0.563. The number of esters is 1. The highest BCUT2D eigenvalue weighted by molar-refractivity contribution is 5.87. The number of nitro benzene ring substituents is 1. The average molecular weight is 263 g/mol. The van der Waals surface area contributed by atoms with E-state index in [-0.39, 0.29) is 11.8 Å². The van der Waals surface area contributed by atoms with E-state index in [2.05, 4.69) is 0 Å². The van der Waals surface area contributed by atoms with Gasteiger partial charge in [-0.3, -0.25) is 10.1 Å². The Labute approximate surface area is 109 Å². The predicted octanol–water partition coefficient (Wildman–Crippen LogP) is 1.94. The Morgan fingerprint density at radius 2 is 2.37 bits per heavy atom. The summed E-state index contributed by atoms with van der Waals surface area (Å²) in [7, 11) is 0. The molecule has 1 atom stereocenters. The standard InChI is InChI=1S/C13H13NO5/c15-13(19-12-6-7-18-9-12)5-4-10-2-1-3-11(8-10)14(16)17/h1-5,8,12H,6-7,9H2/b5-4+. The van der Waals surface area contributed by atoms with E-state index >= 15 is 0 Å². The number of ether oxygens (including phenoxy) is 2. The maximum Gasteiger partial charge on any atom is 0.331 e. The molecule has 6 heteroatoms. The van der Waals surface area contributed by atoms with Gasteiger partial charge in [0.25, 0.3) is 5.69 Å². The number of rotatable bonds is 4. The van der Waals surface area contributed by atoms with Gasteiger partial charge in [-0.2, -0.15) is 0 Å². The smallest absolute Gasteiger partial charge is 0.331 e. The molecule has 0 saturated carbocycles. The number of hydrogen-bond acceptors (Lipinski definition) is 5. The minimum atomic E-state index is -0.481. The lowest BCUT2D eigenvalue weighted by Gasteiger charge is -2.06. The van der Waals surface area contributed by atoms with Crippen LogP contribution in [-0.2, 0) is 14.3 Å². The van der Waals surface area contributed by atoms with Gasteiger partial charge in [-0.25, -0.2) is 4.79 Å². The second kappa shape index (κ2) is 6.10. The molecule has 1 heterocycles. The van der Waals surface area contributed by atoms with Crippen LogP contribution in [0.4, 0.5) is 5.69 Å². The van der Waals surface area contributed by atoms with Crippen LogP contribution in [0.15, 0.2) is 30.3 Å². The molecule has 1 unspecified atom stereocenters. The van der Waals surface area contributed by atoms with E-state index in [1.807, 2.05) is 0 Å². The fourth-order valence-corrected chi connectivity index (χ4v) is 1.72. The Hall–Kier alpha value is -2.21. The third-order valence-corrected chi connectivity index (χ3v) is 2.66. The molecule has 0 bridgehead atoms. The first-order valence-corrected chi connectivity index (χ1v) is 5.86. The van der Waals surface area contributed by atoms with Crippen LogP contribution in [0.1, 0.15) is 12.0 Å². The van der Waals surface area contributed by atoms with Crippen molar-refractivity contribution >= 4 is 17.7 Å². The molecule has 1 aromatic carbocycles. The summed E-state index contributed by atoms with van der Waals surface area (Å²) < 4.78 is 10.2. The zero-order chi connectivity index (χ0) is 13.7. The maximum absolute atomic E-state index is 11.5. The van der Waals surface area contributed by atoms with Crippen molar-refractivity contribution in [1.82, 2.24) is 0 Å². The number of nitro groups is 1. The van der Waals surface area contributed by atoms with Gasteiger partial charge >= 0.3 is 5.97 Å². The maximum atomic E-state index is 11.5. The van der Waals surface area contributed by atoms with Gasteiger partial charge in [-0.05, 0) is 11.6 Å². The van der Waals surface area contributed by atoms with Crippen LogP contribution in [0.3, 0.4) is 0 Å². The molecule has 6 nitrogen and oxygen atoms in total. The Balaban J connectivity index is 1.95. The quantitative estimate of drug-likeness (QED) is 0.359. The summed E-state index contributed by atoms with van der Waals surface area (Å²) >= 11 is 0. The molecule has 0 radical (unpaired) electrons. The number of carbonyl (C=O) groups excluding carboxylic acids is 1. The van der Waals surface area contributed by atoms with Gasteiger partial charge < -0.3 is 9.47 Å². The van der Waals surface area contributed by atoms with E-state index < -0.39 is 10.9 Å². The number of nitrogens with zero attached hydrogens (tertiary/aromatic N) is 1. The highest BCUT2D eigenvalue weighted by Gasteiger charge is 2.18. The van der Waals surface area contributed by atoms with Crippen molar-refractivity contribution in [3.05, 3.63) is 46.0 Å². The van der Waals surface area contributed by atoms with Gasteiger partial charge in [0.05, 0.1) is 18.1 Å². The third-order valence-electron chi connectivity index (χ3n) is 2.66. The van der Waals surface area contributed by atoms with Crippen LogP contribution in [0.5, 0.6) is 0 Å². The van der Waals surface area contributed by atoms with Crippen molar-refractivity contribution in [2.75, 3.05) is 13.2 Å². The number of benzene rings is 1. The van der Waals surface area contributed by atoms with Gasteiger partial charge in [0.2, 0.25) is 0 Å². The molecule has 100 valence electrons. The lowest BCUT2D eigenvalue weighted by atomic mass is 10.2. The normalized spacial score (nSPS) is 18.6. The highest BCUT2D eigenvalue weighted by Crippen LogP contribution is 2.14. The van der Waals surface area contributed by atoms with Gasteiger partial charge in [-0.1, -0.05) is 12.1 Å². The topological polar surface area (TPSA) is 78.7 Å². The zero-order valence-electron chi connectivity index (χ0n) is 10.2. The van der Waals surface area contributed by atoms with Crippen molar-refractivity contribution in [3.63, 3.8) is 0 Å². The van der Waals surface area contributed by atoms with E-state index in [9.17, 15) is 14.9 Å². The first kappa shape index (κ1) is 13.2. The van der Waals surface area contributed by atoms with Crippen LogP contribution in [0.25, 0.3) is 6.08 Å². The molecule has 0 N–H and O–H groups in total. The number of carbonyl (C=O) groups is 1. The minimum Gasteiger partial charge on any atom is -0.457 e. The van der Waals surface area contributed by atoms with Gasteiger partial charge in [0.15, 0.2) is 0 Å². The predicted molar refractivity (Wildman–Crippen MR) is 67.4 cm³/mol. The second-order valence-corrected chi connectivity index (χ2v) is 4.11. The summed E-state index contributed by atoms with van der Waals surface area (Å²) in [6, 6.07) is 6.03. The summed E-state index contributed by atoms with van der Waals surface area (Å²) in [6.07, 6.45) is 3.26. The van der Waals surface area contributed by atoms with Crippen molar-refractivity contribution in [1.29, 1.82) is 0 Å². The van der Waals surface area contributed by atoms with E-state index in [1.165, 1.54) is 24.3 Å². The Bertz CT molecular complexity index is 506. The van der Waals surface area contributed by atoms with Crippen molar-refractivity contribution in [2.45, 2.75) is 12.5 Å². The highest BCUT2D eigenvalue weighted by atomic mass is 16.6. The molecule has 1 aliphatic rings. The van der Waals surface area contributed by atoms with E-state index in [0.29, 0.717) is 25.2 Å². The van der Waals surface area contributed by atoms with Crippen LogP contribution in [-0.4, -0.2) is 30.2 Å². The first-order chi connectivity index (χ1) is 9.15. The van der Waals surface area contributed by atoms with E-state index in [1.54, 1.807) is 12.1 Å². The number of hydrogen-bond donors (Lipinski definition) is 0. The molecule has 0 aromatic heterocycles. The molecule has 19 heavy (non-hydrogen) atoms. The fourth-order valence-electron chi connectivity index (χ4n) is 1.72. The fraction of sp³-hybridized carbons (Fsp3) is 0.308. The summed E-state index contributed by atoms with van der Waals surface area (Å²) in [4.78, 5) is 21.6. The molecule has 2 rings (SSSR count). The third kappa shape index (κ3) is 3.89. The molecule has 0 amide bonds. The second-order valence-electron chi connectivity index (χ2n) is 4.11. The van der Waals surface area contributed by atoms with Crippen molar-refractivity contribution < 1.29 is 19.2 Å². The average Bonchev–Trinajstić information content (AvgIpc) is 2.89. The largest absolute Gasteiger partial charge is 0.457 e. The minimum absolute atomic E-state index is 0.0142. The molecule has 1 aromatic rings. The molecule has 0 aliphatic carbocycles. The number of non-ortho nitro benzene ring substituents is 1. The summed E-state index contributed by atoms with van der Waals surface area (Å²) in [5.74, 6) is -0.470. The van der Waals surface area contributed by atoms with Crippen LogP contribution in [0, 0.1) is 10.1 Å². The van der Waals surface area contributed by atoms with Crippen LogP contribution in [0.2, 0.25) is 0 Å². The van der Waals surface area contributed by atoms with E-state index in [0.717, 1.165) is 0 Å². The molecular formula is C13H13NO5. The molecule has 0 spiro atoms. The molecule has 1 aliphatic heterocycles. The Kier molecular flexibility index (Phi) is 4.25. The van der Waals surface area contributed by atoms with Crippen molar-refractivity contribution in [3.8, 4) is 0 Å². The van der Waals surface area contributed by atoms with Gasteiger partial charge in [0, 0.05) is 24.6 Å². The Morgan fingerprint density at radius 1 is 1.53 bits per heavy atom. The van der Waals surface area contributed by atoms with Crippen LogP contribution >= 0.6 is 0 Å². The van der Waals surface area contributed by atoms with Gasteiger partial charge in [-0.15, -0.1) is 0 Å². The Morgan fingerprint density at radius 3 is 3.05 bits per heavy atom. The monoisotopic (exact) mass is 263 g/mol. The first-order valence-electron chi connectivity index (χ1n) is 5.86.